The molecule has 0 unspecified atom stereocenters. The van der Waals surface area contributed by atoms with Crippen molar-refractivity contribution in [2.45, 2.75) is 26.2 Å². The zero-order valence-electron chi connectivity index (χ0n) is 13.0. The number of para-hydroxylation sites is 2. The molecule has 116 valence electrons. The number of anilines is 3. The Morgan fingerprint density at radius 3 is 2.77 bits per heavy atom. The smallest absolute Gasteiger partial charge is 0.229 e. The summed E-state index contributed by atoms with van der Waals surface area (Å²) in [6, 6.07) is 9.83. The fourth-order valence-electron chi connectivity index (χ4n) is 2.68. The minimum atomic E-state index is 0.607. The van der Waals surface area contributed by atoms with Crippen LogP contribution < -0.4 is 15.0 Å². The normalized spacial score (nSPS) is 14.7. The second kappa shape index (κ2) is 7.11. The zero-order valence-corrected chi connectivity index (χ0v) is 13.0. The van der Waals surface area contributed by atoms with E-state index in [0.717, 1.165) is 30.3 Å². The Balaban J connectivity index is 1.78. The molecule has 1 aliphatic rings. The third-order valence-corrected chi connectivity index (χ3v) is 3.75. The van der Waals surface area contributed by atoms with Gasteiger partial charge in [0.2, 0.25) is 5.95 Å². The molecule has 1 aromatic heterocycles. The maximum atomic E-state index is 5.63. The molecule has 2 heterocycles. The minimum absolute atomic E-state index is 0.607. The largest absolute Gasteiger partial charge is 0.492 e. The molecule has 5 nitrogen and oxygen atoms in total. The van der Waals surface area contributed by atoms with E-state index in [9.17, 15) is 0 Å². The molecule has 1 saturated heterocycles. The van der Waals surface area contributed by atoms with Crippen LogP contribution in [0.1, 0.15) is 26.2 Å². The van der Waals surface area contributed by atoms with Gasteiger partial charge in [0.25, 0.3) is 0 Å². The molecule has 0 amide bonds. The monoisotopic (exact) mass is 298 g/mol. The van der Waals surface area contributed by atoms with E-state index >= 15 is 0 Å². The Labute approximate surface area is 131 Å². The zero-order chi connectivity index (χ0) is 15.2. The van der Waals surface area contributed by atoms with Crippen molar-refractivity contribution in [3.8, 4) is 5.75 Å². The molecule has 1 N–H and O–H groups in total. The Morgan fingerprint density at radius 1 is 1.14 bits per heavy atom. The van der Waals surface area contributed by atoms with Crippen LogP contribution in [0.3, 0.4) is 0 Å². The molecule has 0 bridgehead atoms. The van der Waals surface area contributed by atoms with Crippen LogP contribution in [-0.4, -0.2) is 29.7 Å². The molecule has 5 heteroatoms. The lowest BCUT2D eigenvalue weighted by molar-refractivity contribution is 0.342. The molecular formula is C17H22N4O. The SMILES string of the molecule is CCOc1ccccc1Nc1nccc(N2CCCCC2)n1. The Kier molecular flexibility index (Phi) is 4.73. The van der Waals surface area contributed by atoms with Crippen LogP contribution in [0.15, 0.2) is 36.5 Å². The van der Waals surface area contributed by atoms with Crippen molar-refractivity contribution < 1.29 is 4.74 Å². The summed E-state index contributed by atoms with van der Waals surface area (Å²) in [5.74, 6) is 2.42. The van der Waals surface area contributed by atoms with Gasteiger partial charge in [-0.3, -0.25) is 0 Å². The molecule has 0 saturated carbocycles. The minimum Gasteiger partial charge on any atom is -0.492 e. The van der Waals surface area contributed by atoms with Gasteiger partial charge in [-0.1, -0.05) is 12.1 Å². The van der Waals surface area contributed by atoms with E-state index < -0.39 is 0 Å². The Bertz CT molecular complexity index is 611. The lowest BCUT2D eigenvalue weighted by Crippen LogP contribution is -2.30. The standard InChI is InChI=1S/C17H22N4O/c1-2-22-15-9-5-4-8-14(15)19-17-18-11-10-16(20-17)21-12-6-3-7-13-21/h4-5,8-11H,2-3,6-7,12-13H2,1H3,(H,18,19,20). The van der Waals surface area contributed by atoms with Crippen molar-refractivity contribution in [1.29, 1.82) is 0 Å². The second-order valence-electron chi connectivity index (χ2n) is 5.34. The number of nitrogens with one attached hydrogen (secondary N) is 1. The van der Waals surface area contributed by atoms with E-state index in [1.165, 1.54) is 19.3 Å². The summed E-state index contributed by atoms with van der Waals surface area (Å²) in [7, 11) is 0. The van der Waals surface area contributed by atoms with Gasteiger partial charge in [-0.05, 0) is 44.4 Å². The maximum Gasteiger partial charge on any atom is 0.229 e. The highest BCUT2D eigenvalue weighted by atomic mass is 16.5. The first-order valence-electron chi connectivity index (χ1n) is 7.93. The summed E-state index contributed by atoms with van der Waals surface area (Å²) in [6.07, 6.45) is 5.59. The predicted octanol–water partition coefficient (Wildman–Crippen LogP) is 3.61. The van der Waals surface area contributed by atoms with Crippen molar-refractivity contribution in [1.82, 2.24) is 9.97 Å². The summed E-state index contributed by atoms with van der Waals surface area (Å²) in [6.45, 7) is 4.76. The summed E-state index contributed by atoms with van der Waals surface area (Å²) in [5.41, 5.74) is 0.889. The summed E-state index contributed by atoms with van der Waals surface area (Å²) < 4.78 is 5.63. The van der Waals surface area contributed by atoms with E-state index in [1.807, 2.05) is 43.5 Å². The third-order valence-electron chi connectivity index (χ3n) is 3.75. The van der Waals surface area contributed by atoms with Crippen LogP contribution in [0.4, 0.5) is 17.5 Å². The third kappa shape index (κ3) is 3.47. The highest BCUT2D eigenvalue weighted by molar-refractivity contribution is 5.63. The number of hydrogen-bond donors (Lipinski definition) is 1. The van der Waals surface area contributed by atoms with Crippen LogP contribution in [0.25, 0.3) is 0 Å². The quantitative estimate of drug-likeness (QED) is 0.914. The number of nitrogens with zero attached hydrogens (tertiary/aromatic N) is 3. The van der Waals surface area contributed by atoms with Crippen LogP contribution in [0, 0.1) is 0 Å². The number of piperidine rings is 1. The van der Waals surface area contributed by atoms with Gasteiger partial charge >= 0.3 is 0 Å². The molecule has 0 aliphatic carbocycles. The summed E-state index contributed by atoms with van der Waals surface area (Å²) >= 11 is 0. The van der Waals surface area contributed by atoms with Gasteiger partial charge in [0.1, 0.15) is 11.6 Å². The number of aromatic nitrogens is 2. The van der Waals surface area contributed by atoms with E-state index in [2.05, 4.69) is 20.2 Å². The van der Waals surface area contributed by atoms with Gasteiger partial charge in [0, 0.05) is 19.3 Å². The number of rotatable bonds is 5. The number of ether oxygens (including phenoxy) is 1. The highest BCUT2D eigenvalue weighted by Crippen LogP contribution is 2.27. The first kappa shape index (κ1) is 14.6. The fourth-order valence-corrected chi connectivity index (χ4v) is 2.68. The highest BCUT2D eigenvalue weighted by Gasteiger charge is 2.13. The fraction of sp³-hybridized carbons (Fsp3) is 0.412. The molecule has 1 aliphatic heterocycles. The van der Waals surface area contributed by atoms with Gasteiger partial charge in [-0.2, -0.15) is 4.98 Å². The van der Waals surface area contributed by atoms with Crippen LogP contribution in [-0.2, 0) is 0 Å². The van der Waals surface area contributed by atoms with Gasteiger partial charge < -0.3 is 15.0 Å². The topological polar surface area (TPSA) is 50.3 Å². The van der Waals surface area contributed by atoms with Crippen molar-refractivity contribution in [2.24, 2.45) is 0 Å². The van der Waals surface area contributed by atoms with Crippen molar-refractivity contribution in [2.75, 3.05) is 29.9 Å². The number of benzene rings is 1. The molecule has 0 radical (unpaired) electrons. The van der Waals surface area contributed by atoms with Gasteiger partial charge in [0.15, 0.2) is 0 Å². The van der Waals surface area contributed by atoms with Crippen molar-refractivity contribution >= 4 is 17.5 Å². The number of hydrogen-bond acceptors (Lipinski definition) is 5. The van der Waals surface area contributed by atoms with Crippen LogP contribution in [0.2, 0.25) is 0 Å². The molecule has 22 heavy (non-hydrogen) atoms. The van der Waals surface area contributed by atoms with E-state index in [-0.39, 0.29) is 0 Å². The molecular weight excluding hydrogens is 276 g/mol. The predicted molar refractivity (Wildman–Crippen MR) is 89.0 cm³/mol. The Hall–Kier alpha value is -2.30. The average molecular weight is 298 g/mol. The Morgan fingerprint density at radius 2 is 1.95 bits per heavy atom. The molecule has 1 aromatic carbocycles. The summed E-state index contributed by atoms with van der Waals surface area (Å²) in [4.78, 5) is 11.3. The first-order valence-corrected chi connectivity index (χ1v) is 7.93. The van der Waals surface area contributed by atoms with E-state index in [0.29, 0.717) is 12.6 Å². The average Bonchev–Trinajstić information content (AvgIpc) is 2.58. The van der Waals surface area contributed by atoms with Crippen molar-refractivity contribution in [3.63, 3.8) is 0 Å². The lowest BCUT2D eigenvalue weighted by Gasteiger charge is -2.27. The van der Waals surface area contributed by atoms with Crippen LogP contribution >= 0.6 is 0 Å². The van der Waals surface area contributed by atoms with E-state index in [4.69, 9.17) is 4.74 Å². The molecule has 0 spiro atoms. The van der Waals surface area contributed by atoms with Crippen molar-refractivity contribution in [3.05, 3.63) is 36.5 Å². The molecule has 0 atom stereocenters. The summed E-state index contributed by atoms with van der Waals surface area (Å²) in [5, 5.41) is 3.26. The van der Waals surface area contributed by atoms with E-state index in [1.54, 1.807) is 0 Å². The molecule has 2 aromatic rings. The van der Waals surface area contributed by atoms with Gasteiger partial charge in [-0.25, -0.2) is 4.98 Å². The lowest BCUT2D eigenvalue weighted by atomic mass is 10.1. The second-order valence-corrected chi connectivity index (χ2v) is 5.34. The van der Waals surface area contributed by atoms with Gasteiger partial charge in [0.05, 0.1) is 12.3 Å². The molecule has 1 fully saturated rings. The first-order chi connectivity index (χ1) is 10.9. The van der Waals surface area contributed by atoms with Crippen LogP contribution in [0.5, 0.6) is 5.75 Å². The molecule has 3 rings (SSSR count). The van der Waals surface area contributed by atoms with Gasteiger partial charge in [-0.15, -0.1) is 0 Å². The maximum absolute atomic E-state index is 5.63.